The van der Waals surface area contributed by atoms with Gasteiger partial charge in [0.15, 0.2) is 11.5 Å². The third-order valence-electron chi connectivity index (χ3n) is 4.83. The maximum atomic E-state index is 13.2. The van der Waals surface area contributed by atoms with Crippen molar-refractivity contribution in [2.24, 2.45) is 4.99 Å². The second kappa shape index (κ2) is 12.6. The molecule has 1 aromatic heterocycles. The number of carbonyl (C=O) groups excluding carboxylic acids is 2. The van der Waals surface area contributed by atoms with Crippen LogP contribution in [0.3, 0.4) is 0 Å². The van der Waals surface area contributed by atoms with Gasteiger partial charge in [0.25, 0.3) is 5.91 Å². The van der Waals surface area contributed by atoms with E-state index in [1.54, 1.807) is 40.0 Å². The zero-order valence-corrected chi connectivity index (χ0v) is 22.5. The first kappa shape index (κ1) is 28.9. The number of hydrazine groups is 1. The number of nitrogens with zero attached hydrogens (tertiary/aromatic N) is 4. The zero-order chi connectivity index (χ0) is 27.8. The van der Waals surface area contributed by atoms with Gasteiger partial charge in [-0.1, -0.05) is 25.3 Å². The van der Waals surface area contributed by atoms with Gasteiger partial charge in [0.1, 0.15) is 17.8 Å². The van der Waals surface area contributed by atoms with Gasteiger partial charge in [0.2, 0.25) is 5.88 Å². The summed E-state index contributed by atoms with van der Waals surface area (Å²) in [4.78, 5) is 34.6. The van der Waals surface area contributed by atoms with Crippen LogP contribution < -0.4 is 14.9 Å². The number of hydrogen-bond donors (Lipinski definition) is 1. The number of amides is 2. The molecule has 1 aromatic carbocycles. The van der Waals surface area contributed by atoms with E-state index in [9.17, 15) is 9.59 Å². The molecule has 0 radical (unpaired) electrons. The van der Waals surface area contributed by atoms with Crippen LogP contribution in [-0.2, 0) is 16.1 Å². The lowest BCUT2D eigenvalue weighted by Crippen LogP contribution is -2.38. The number of nitrogens with one attached hydrogen (secondary N) is 1. The second-order valence-electron chi connectivity index (χ2n) is 9.13. The van der Waals surface area contributed by atoms with E-state index in [1.165, 1.54) is 23.4 Å². The summed E-state index contributed by atoms with van der Waals surface area (Å²) < 4.78 is 17.3. The molecular weight excluding hydrogens is 474 g/mol. The SMILES string of the molecule is C=CC(=O)NN(C)C=NC(=C)N(Cc1c(C)ccc(Oc2cccc(C)n2)c1OC)C(=O)OC(C)(C)C. The highest BCUT2D eigenvalue weighted by atomic mass is 16.6. The summed E-state index contributed by atoms with van der Waals surface area (Å²) in [6.45, 7) is 16.4. The fraction of sp³-hybridized carbons (Fsp3) is 0.333. The highest BCUT2D eigenvalue weighted by Gasteiger charge is 2.27. The van der Waals surface area contributed by atoms with Gasteiger partial charge in [-0.25, -0.2) is 14.8 Å². The van der Waals surface area contributed by atoms with E-state index in [2.05, 4.69) is 28.6 Å². The van der Waals surface area contributed by atoms with Gasteiger partial charge in [0.05, 0.1) is 13.7 Å². The summed E-state index contributed by atoms with van der Waals surface area (Å²) in [6, 6.07) is 9.11. The highest BCUT2D eigenvalue weighted by molar-refractivity contribution is 5.87. The van der Waals surface area contributed by atoms with Crippen molar-refractivity contribution in [1.82, 2.24) is 20.3 Å². The van der Waals surface area contributed by atoms with Crippen molar-refractivity contribution in [1.29, 1.82) is 0 Å². The Kier molecular flexibility index (Phi) is 9.82. The molecule has 0 saturated carbocycles. The summed E-state index contributed by atoms with van der Waals surface area (Å²) in [5, 5.41) is 1.32. The quantitative estimate of drug-likeness (QED) is 0.210. The molecule has 1 N–H and O–H groups in total. The predicted molar refractivity (Wildman–Crippen MR) is 142 cm³/mol. The monoisotopic (exact) mass is 509 g/mol. The van der Waals surface area contributed by atoms with E-state index in [4.69, 9.17) is 14.2 Å². The van der Waals surface area contributed by atoms with E-state index < -0.39 is 17.6 Å². The summed E-state index contributed by atoms with van der Waals surface area (Å²) in [5.74, 6) is 0.956. The lowest BCUT2D eigenvalue weighted by Gasteiger charge is -2.28. The third-order valence-corrected chi connectivity index (χ3v) is 4.83. The number of ether oxygens (including phenoxy) is 3. The smallest absolute Gasteiger partial charge is 0.416 e. The van der Waals surface area contributed by atoms with Crippen LogP contribution >= 0.6 is 0 Å². The van der Waals surface area contributed by atoms with Crippen LogP contribution in [0.2, 0.25) is 0 Å². The highest BCUT2D eigenvalue weighted by Crippen LogP contribution is 2.37. The van der Waals surface area contributed by atoms with Crippen molar-refractivity contribution < 1.29 is 23.8 Å². The number of aromatic nitrogens is 1. The van der Waals surface area contributed by atoms with Crippen molar-refractivity contribution in [3.8, 4) is 17.4 Å². The lowest BCUT2D eigenvalue weighted by atomic mass is 10.1. The number of pyridine rings is 1. The molecule has 2 aromatic rings. The second-order valence-corrected chi connectivity index (χ2v) is 9.13. The van der Waals surface area contributed by atoms with Crippen molar-refractivity contribution >= 4 is 18.3 Å². The number of methoxy groups -OCH3 is 1. The lowest BCUT2D eigenvalue weighted by molar-refractivity contribution is -0.119. The van der Waals surface area contributed by atoms with E-state index in [0.717, 1.165) is 17.3 Å². The molecule has 10 heteroatoms. The molecule has 0 fully saturated rings. The Labute approximate surface area is 218 Å². The molecule has 0 unspecified atom stereocenters. The van der Waals surface area contributed by atoms with Crippen LogP contribution in [0.4, 0.5) is 4.79 Å². The molecule has 0 saturated heterocycles. The fourth-order valence-corrected chi connectivity index (χ4v) is 3.10. The van der Waals surface area contributed by atoms with Crippen LogP contribution in [-0.4, -0.2) is 53.0 Å². The van der Waals surface area contributed by atoms with E-state index >= 15 is 0 Å². The summed E-state index contributed by atoms with van der Waals surface area (Å²) in [7, 11) is 3.10. The van der Waals surface area contributed by atoms with Gasteiger partial charge < -0.3 is 14.2 Å². The number of carbonyl (C=O) groups is 2. The molecule has 0 aliphatic rings. The number of aryl methyl sites for hydroxylation is 2. The minimum Gasteiger partial charge on any atom is -0.492 e. The van der Waals surface area contributed by atoms with Crippen LogP contribution in [0.15, 0.2) is 60.4 Å². The van der Waals surface area contributed by atoms with E-state index in [1.807, 2.05) is 32.0 Å². The van der Waals surface area contributed by atoms with Crippen LogP contribution in [0.1, 0.15) is 37.6 Å². The summed E-state index contributed by atoms with van der Waals surface area (Å²) in [6.07, 6.45) is 1.79. The number of hydrogen-bond acceptors (Lipinski definition) is 7. The largest absolute Gasteiger partial charge is 0.492 e. The van der Waals surface area contributed by atoms with Crippen molar-refractivity contribution in [3.63, 3.8) is 0 Å². The summed E-state index contributed by atoms with van der Waals surface area (Å²) in [5.41, 5.74) is 4.08. The molecule has 2 rings (SSSR count). The zero-order valence-electron chi connectivity index (χ0n) is 22.5. The minimum atomic E-state index is -0.755. The normalized spacial score (nSPS) is 11.0. The average Bonchev–Trinajstić information content (AvgIpc) is 2.81. The molecule has 198 valence electrons. The van der Waals surface area contributed by atoms with Crippen molar-refractivity contribution in [2.75, 3.05) is 14.2 Å². The molecular formula is C27H35N5O5. The Morgan fingerprint density at radius 2 is 1.89 bits per heavy atom. The maximum absolute atomic E-state index is 13.2. The van der Waals surface area contributed by atoms with Crippen molar-refractivity contribution in [2.45, 2.75) is 46.8 Å². The molecule has 37 heavy (non-hydrogen) atoms. The molecule has 0 spiro atoms. The third kappa shape index (κ3) is 8.68. The van der Waals surface area contributed by atoms with Crippen LogP contribution in [0, 0.1) is 13.8 Å². The topological polar surface area (TPSA) is 106 Å². The van der Waals surface area contributed by atoms with Gasteiger partial charge in [0, 0.05) is 24.4 Å². The first-order valence-corrected chi connectivity index (χ1v) is 11.5. The Bertz CT molecular complexity index is 1190. The van der Waals surface area contributed by atoms with E-state index in [-0.39, 0.29) is 12.4 Å². The van der Waals surface area contributed by atoms with E-state index in [0.29, 0.717) is 22.9 Å². The molecule has 10 nitrogen and oxygen atoms in total. The Morgan fingerprint density at radius 3 is 2.49 bits per heavy atom. The van der Waals surface area contributed by atoms with Crippen LogP contribution in [0.5, 0.6) is 17.4 Å². The standard InChI is InChI=1S/C27H35N5O5/c1-10-23(33)30-31(8)17-28-20(4)32(26(34)37-27(5,6)7)16-21-18(2)14-15-22(25(21)35-9)36-24-13-11-12-19(3)29-24/h10-15,17H,1,4,16H2,2-3,5-9H3,(H,30,33). The first-order chi connectivity index (χ1) is 17.3. The number of benzene rings is 1. The first-order valence-electron chi connectivity index (χ1n) is 11.5. The van der Waals surface area contributed by atoms with Crippen molar-refractivity contribution in [3.05, 3.63) is 72.2 Å². The van der Waals surface area contributed by atoms with Gasteiger partial charge in [-0.3, -0.25) is 20.1 Å². The molecule has 0 aliphatic heterocycles. The van der Waals surface area contributed by atoms with Gasteiger partial charge in [-0.05, 0) is 58.4 Å². The van der Waals surface area contributed by atoms with Gasteiger partial charge in [-0.15, -0.1) is 0 Å². The molecule has 2 amide bonds. The fourth-order valence-electron chi connectivity index (χ4n) is 3.10. The maximum Gasteiger partial charge on any atom is 0.416 e. The Balaban J connectivity index is 2.43. The van der Waals surface area contributed by atoms with Gasteiger partial charge in [-0.2, -0.15) is 0 Å². The average molecular weight is 510 g/mol. The number of rotatable bonds is 10. The molecule has 1 heterocycles. The Morgan fingerprint density at radius 1 is 1.19 bits per heavy atom. The Hall–Kier alpha value is -4.34. The number of aliphatic imine (C=N–C) groups is 1. The van der Waals surface area contributed by atoms with Crippen LogP contribution in [0.25, 0.3) is 0 Å². The minimum absolute atomic E-state index is 0.0290. The van der Waals surface area contributed by atoms with Gasteiger partial charge >= 0.3 is 6.09 Å². The summed E-state index contributed by atoms with van der Waals surface area (Å²) >= 11 is 0. The molecule has 0 aliphatic carbocycles. The molecule has 0 atom stereocenters. The molecule has 0 bridgehead atoms. The predicted octanol–water partition coefficient (Wildman–Crippen LogP) is 4.88.